The molecule has 6 rings (SSSR count). The van der Waals surface area contributed by atoms with Crippen LogP contribution in [0.5, 0.6) is 5.75 Å². The molecule has 9 nitrogen and oxygen atoms in total. The highest BCUT2D eigenvalue weighted by Gasteiger charge is 2.42. The van der Waals surface area contributed by atoms with E-state index in [0.29, 0.717) is 24.3 Å². The van der Waals surface area contributed by atoms with Crippen molar-refractivity contribution in [3.05, 3.63) is 56.4 Å². The molecule has 1 N–H and O–H groups in total. The molecule has 9 heteroatoms. The normalized spacial score (nSPS) is 22.2. The third-order valence-corrected chi connectivity index (χ3v) is 7.25. The summed E-state index contributed by atoms with van der Waals surface area (Å²) >= 11 is 0. The predicted molar refractivity (Wildman–Crippen MR) is 125 cm³/mol. The second-order valence-electron chi connectivity index (χ2n) is 9.42. The highest BCUT2D eigenvalue weighted by molar-refractivity contribution is 5.74. The van der Waals surface area contributed by atoms with E-state index in [4.69, 9.17) is 4.74 Å². The fraction of sp³-hybridized carbons (Fsp3) is 0.500. The number of rotatable bonds is 4. The summed E-state index contributed by atoms with van der Waals surface area (Å²) in [5.74, 6) is 1.13. The molecule has 0 saturated carbocycles. The first-order valence-corrected chi connectivity index (χ1v) is 11.8. The van der Waals surface area contributed by atoms with Crippen LogP contribution in [0.2, 0.25) is 0 Å². The lowest BCUT2D eigenvalue weighted by Gasteiger charge is -2.41. The summed E-state index contributed by atoms with van der Waals surface area (Å²) in [6, 6.07) is 5.31. The Morgan fingerprint density at radius 1 is 1.15 bits per heavy atom. The number of aryl methyl sites for hydroxylation is 1. The van der Waals surface area contributed by atoms with E-state index in [2.05, 4.69) is 27.1 Å². The summed E-state index contributed by atoms with van der Waals surface area (Å²) in [6.07, 6.45) is 7.15. The van der Waals surface area contributed by atoms with Gasteiger partial charge in [0.1, 0.15) is 22.6 Å². The Labute approximate surface area is 191 Å². The summed E-state index contributed by atoms with van der Waals surface area (Å²) in [7, 11) is 0. The molecule has 3 aliphatic heterocycles. The maximum Gasteiger partial charge on any atom is 0.295 e. The van der Waals surface area contributed by atoms with Crippen LogP contribution in [0.1, 0.15) is 43.9 Å². The number of aromatic nitrogens is 4. The zero-order valence-electron chi connectivity index (χ0n) is 18.8. The monoisotopic (exact) mass is 448 g/mol. The van der Waals surface area contributed by atoms with Crippen LogP contribution in [0.15, 0.2) is 34.0 Å². The smallest absolute Gasteiger partial charge is 0.295 e. The van der Waals surface area contributed by atoms with Gasteiger partial charge in [-0.15, -0.1) is 0 Å². The molecule has 33 heavy (non-hydrogen) atoms. The standard InChI is InChI=1S/C24H28N6O3/c1-24(28-9-3-2-4-10-28)15-29-22-18(7-8-20(31)30(22)24)27-21(23(29)32)26-13-17-12-16-6-5-11-33-19(16)14-25-17/h7-8,12,14H,2-6,9-11,13,15H2,1H3,(H,26,27). The molecule has 3 aliphatic rings. The van der Waals surface area contributed by atoms with Crippen molar-refractivity contribution in [3.8, 4) is 5.75 Å². The van der Waals surface area contributed by atoms with Crippen molar-refractivity contribution in [1.29, 1.82) is 0 Å². The van der Waals surface area contributed by atoms with Crippen LogP contribution in [-0.4, -0.2) is 43.7 Å². The Morgan fingerprint density at radius 3 is 2.85 bits per heavy atom. The molecular weight excluding hydrogens is 420 g/mol. The molecule has 6 heterocycles. The lowest BCUT2D eigenvalue weighted by atomic mass is 10.0. The maximum absolute atomic E-state index is 13.4. The van der Waals surface area contributed by atoms with Crippen LogP contribution in [0.25, 0.3) is 11.2 Å². The lowest BCUT2D eigenvalue weighted by molar-refractivity contribution is 0.0163. The van der Waals surface area contributed by atoms with Crippen molar-refractivity contribution in [2.45, 2.75) is 57.8 Å². The van der Waals surface area contributed by atoms with Crippen LogP contribution in [0.3, 0.4) is 0 Å². The molecule has 1 atom stereocenters. The number of nitrogens with one attached hydrogen (secondary N) is 1. The second kappa shape index (κ2) is 7.69. The number of likely N-dealkylation sites (tertiary alicyclic amines) is 1. The van der Waals surface area contributed by atoms with Crippen molar-refractivity contribution in [1.82, 2.24) is 24.0 Å². The van der Waals surface area contributed by atoms with Crippen molar-refractivity contribution in [2.75, 3.05) is 25.0 Å². The zero-order valence-corrected chi connectivity index (χ0v) is 18.8. The van der Waals surface area contributed by atoms with Crippen LogP contribution in [0.4, 0.5) is 5.82 Å². The van der Waals surface area contributed by atoms with Crippen LogP contribution in [0, 0.1) is 0 Å². The first kappa shape index (κ1) is 20.4. The van der Waals surface area contributed by atoms with Gasteiger partial charge in [-0.25, -0.2) is 4.98 Å². The minimum atomic E-state index is -0.566. The maximum atomic E-state index is 13.4. The second-order valence-corrected chi connectivity index (χ2v) is 9.42. The van der Waals surface area contributed by atoms with Crippen molar-refractivity contribution in [2.24, 2.45) is 0 Å². The molecule has 0 aromatic carbocycles. The quantitative estimate of drug-likeness (QED) is 0.653. The van der Waals surface area contributed by atoms with Crippen molar-refractivity contribution in [3.63, 3.8) is 0 Å². The summed E-state index contributed by atoms with van der Waals surface area (Å²) in [5, 5.41) is 3.20. The van der Waals surface area contributed by atoms with Gasteiger partial charge >= 0.3 is 0 Å². The van der Waals surface area contributed by atoms with Gasteiger partial charge in [-0.1, -0.05) is 6.42 Å². The Hall–Kier alpha value is -3.20. The van der Waals surface area contributed by atoms with Crippen LogP contribution < -0.4 is 21.2 Å². The number of piperidine rings is 1. The van der Waals surface area contributed by atoms with Gasteiger partial charge < -0.3 is 10.1 Å². The largest absolute Gasteiger partial charge is 0.492 e. The van der Waals surface area contributed by atoms with Crippen molar-refractivity contribution < 1.29 is 4.74 Å². The van der Waals surface area contributed by atoms with Gasteiger partial charge in [-0.3, -0.25) is 28.6 Å². The van der Waals surface area contributed by atoms with Gasteiger partial charge in [-0.05, 0) is 50.3 Å². The molecule has 0 amide bonds. The zero-order chi connectivity index (χ0) is 22.6. The molecule has 3 aromatic heterocycles. The Morgan fingerprint density at radius 2 is 2.00 bits per heavy atom. The Kier molecular flexibility index (Phi) is 4.76. The molecule has 1 unspecified atom stereocenters. The average molecular weight is 449 g/mol. The molecule has 172 valence electrons. The highest BCUT2D eigenvalue weighted by Crippen LogP contribution is 2.33. The van der Waals surface area contributed by atoms with Crippen LogP contribution >= 0.6 is 0 Å². The third kappa shape index (κ3) is 3.25. The van der Waals surface area contributed by atoms with E-state index in [1.807, 2.05) is 6.07 Å². The first-order valence-electron chi connectivity index (χ1n) is 11.8. The Bertz CT molecular complexity index is 1360. The van der Waals surface area contributed by atoms with E-state index >= 15 is 0 Å². The van der Waals surface area contributed by atoms with Gasteiger partial charge in [0, 0.05) is 19.2 Å². The van der Waals surface area contributed by atoms with E-state index in [1.54, 1.807) is 27.5 Å². The molecule has 0 radical (unpaired) electrons. The predicted octanol–water partition coefficient (Wildman–Crippen LogP) is 2.06. The fourth-order valence-electron chi connectivity index (χ4n) is 5.55. The van der Waals surface area contributed by atoms with Gasteiger partial charge in [0.2, 0.25) is 0 Å². The minimum Gasteiger partial charge on any atom is -0.492 e. The van der Waals surface area contributed by atoms with E-state index < -0.39 is 5.66 Å². The minimum absolute atomic E-state index is 0.0933. The molecule has 0 spiro atoms. The number of hydrogen-bond donors (Lipinski definition) is 1. The summed E-state index contributed by atoms with van der Waals surface area (Å²) < 4.78 is 9.14. The molecule has 0 bridgehead atoms. The SMILES string of the molecule is CC1(N2CCCCC2)Cn2c(=O)c(NCc3cc4c(cn3)OCCC4)nc3ccc(=O)n1c32. The molecular formula is C24H28N6O3. The summed E-state index contributed by atoms with van der Waals surface area (Å²) in [4.78, 5) is 37.8. The molecule has 0 aliphatic carbocycles. The van der Waals surface area contributed by atoms with Gasteiger partial charge in [-0.2, -0.15) is 0 Å². The third-order valence-electron chi connectivity index (χ3n) is 7.25. The van der Waals surface area contributed by atoms with Crippen LogP contribution in [-0.2, 0) is 25.2 Å². The van der Waals surface area contributed by atoms with E-state index in [1.165, 1.54) is 6.42 Å². The van der Waals surface area contributed by atoms with E-state index in [0.717, 1.165) is 62.4 Å². The number of fused-ring (bicyclic) bond motifs is 1. The molecule has 3 aromatic rings. The Balaban J connectivity index is 1.36. The number of hydrogen-bond acceptors (Lipinski definition) is 7. The summed E-state index contributed by atoms with van der Waals surface area (Å²) in [5.41, 5.74) is 2.37. The number of nitrogens with zero attached hydrogens (tertiary/aromatic N) is 5. The number of anilines is 1. The van der Waals surface area contributed by atoms with E-state index in [9.17, 15) is 9.59 Å². The van der Waals surface area contributed by atoms with Gasteiger partial charge in [0.05, 0.1) is 31.6 Å². The average Bonchev–Trinajstić information content (AvgIpc) is 3.18. The fourth-order valence-corrected chi connectivity index (χ4v) is 5.55. The highest BCUT2D eigenvalue weighted by atomic mass is 16.5. The van der Waals surface area contributed by atoms with Gasteiger partial charge in [0.25, 0.3) is 11.1 Å². The first-order chi connectivity index (χ1) is 16.0. The van der Waals surface area contributed by atoms with Gasteiger partial charge in [0.15, 0.2) is 5.82 Å². The van der Waals surface area contributed by atoms with E-state index in [-0.39, 0.29) is 16.9 Å². The molecule has 1 fully saturated rings. The summed E-state index contributed by atoms with van der Waals surface area (Å²) in [6.45, 7) is 5.48. The molecule has 1 saturated heterocycles. The topological polar surface area (TPSA) is 94.3 Å². The number of ether oxygens (including phenoxy) is 1. The number of pyridine rings is 2. The van der Waals surface area contributed by atoms with Crippen molar-refractivity contribution >= 4 is 17.0 Å². The lowest BCUT2D eigenvalue weighted by Crippen LogP contribution is -2.53.